The van der Waals surface area contributed by atoms with Gasteiger partial charge in [-0.2, -0.15) is 0 Å². The topological polar surface area (TPSA) is 69.7 Å². The molecular formula is C23H31N3O3S. The molecule has 0 radical (unpaired) electrons. The molecule has 2 aromatic rings. The number of carbonyl (C=O) groups is 1. The van der Waals surface area contributed by atoms with Gasteiger partial charge in [0.05, 0.1) is 11.9 Å². The number of rotatable bonds is 7. The Hall–Kier alpha value is -2.38. The Balaban J connectivity index is 1.61. The van der Waals surface area contributed by atoms with Crippen molar-refractivity contribution < 1.29 is 13.2 Å². The van der Waals surface area contributed by atoms with E-state index in [1.807, 2.05) is 0 Å². The van der Waals surface area contributed by atoms with Crippen molar-refractivity contribution >= 4 is 21.6 Å². The molecule has 0 saturated carbocycles. The van der Waals surface area contributed by atoms with Crippen LogP contribution in [0.25, 0.3) is 0 Å². The highest BCUT2D eigenvalue weighted by molar-refractivity contribution is 7.92. The lowest BCUT2D eigenvalue weighted by molar-refractivity contribution is 0.0950. The molecule has 30 heavy (non-hydrogen) atoms. The summed E-state index contributed by atoms with van der Waals surface area (Å²) >= 11 is 0. The molecule has 0 atom stereocenters. The number of sulfonamides is 1. The Morgan fingerprint density at radius 3 is 2.30 bits per heavy atom. The monoisotopic (exact) mass is 429 g/mol. The number of hydrogen-bond donors (Lipinski definition) is 1. The molecule has 1 heterocycles. The summed E-state index contributed by atoms with van der Waals surface area (Å²) in [6, 6.07) is 13.5. The van der Waals surface area contributed by atoms with Gasteiger partial charge in [0.2, 0.25) is 10.0 Å². The van der Waals surface area contributed by atoms with Gasteiger partial charge in [-0.25, -0.2) is 8.42 Å². The summed E-state index contributed by atoms with van der Waals surface area (Å²) in [4.78, 5) is 15.2. The average molecular weight is 430 g/mol. The maximum absolute atomic E-state index is 12.7. The van der Waals surface area contributed by atoms with Crippen molar-refractivity contribution in [2.24, 2.45) is 0 Å². The molecule has 1 aliphatic heterocycles. The fourth-order valence-electron chi connectivity index (χ4n) is 3.81. The summed E-state index contributed by atoms with van der Waals surface area (Å²) in [6.45, 7) is 5.51. The second-order valence-electron chi connectivity index (χ2n) is 8.02. The molecule has 1 N–H and O–H groups in total. The van der Waals surface area contributed by atoms with Gasteiger partial charge in [0.1, 0.15) is 0 Å². The molecule has 6 nitrogen and oxygen atoms in total. The van der Waals surface area contributed by atoms with Gasteiger partial charge in [-0.3, -0.25) is 14.0 Å². The van der Waals surface area contributed by atoms with E-state index in [1.165, 1.54) is 49.3 Å². The van der Waals surface area contributed by atoms with Crippen LogP contribution in [0.15, 0.2) is 42.5 Å². The lowest BCUT2D eigenvalue weighted by Crippen LogP contribution is -2.29. The van der Waals surface area contributed by atoms with Gasteiger partial charge >= 0.3 is 0 Å². The minimum Gasteiger partial charge on any atom is -0.348 e. The number of nitrogens with one attached hydrogen (secondary N) is 1. The number of anilines is 1. The third-order valence-corrected chi connectivity index (χ3v) is 6.91. The summed E-state index contributed by atoms with van der Waals surface area (Å²) < 4.78 is 24.9. The molecule has 1 saturated heterocycles. The molecular weight excluding hydrogens is 398 g/mol. The lowest BCUT2D eigenvalue weighted by Gasteiger charge is -2.26. The summed E-state index contributed by atoms with van der Waals surface area (Å²) in [5, 5.41) is 2.94. The van der Waals surface area contributed by atoms with E-state index < -0.39 is 10.0 Å². The van der Waals surface area contributed by atoms with Gasteiger partial charge in [0.15, 0.2) is 0 Å². The van der Waals surface area contributed by atoms with Gasteiger partial charge in [-0.1, -0.05) is 36.8 Å². The summed E-state index contributed by atoms with van der Waals surface area (Å²) in [5.41, 5.74) is 3.95. The molecule has 1 amide bonds. The molecule has 0 aliphatic carbocycles. The smallest absolute Gasteiger partial charge is 0.251 e. The van der Waals surface area contributed by atoms with Crippen molar-refractivity contribution in [3.63, 3.8) is 0 Å². The van der Waals surface area contributed by atoms with Crippen molar-refractivity contribution in [1.29, 1.82) is 0 Å². The van der Waals surface area contributed by atoms with Crippen LogP contribution in [0.4, 0.5) is 5.69 Å². The van der Waals surface area contributed by atoms with Gasteiger partial charge in [-0.15, -0.1) is 0 Å². The van der Waals surface area contributed by atoms with Gasteiger partial charge in [0, 0.05) is 25.7 Å². The van der Waals surface area contributed by atoms with Crippen LogP contribution in [0.1, 0.15) is 46.3 Å². The first-order chi connectivity index (χ1) is 14.3. The Bertz CT molecular complexity index is 981. The van der Waals surface area contributed by atoms with E-state index in [9.17, 15) is 13.2 Å². The van der Waals surface area contributed by atoms with Crippen LogP contribution in [0.3, 0.4) is 0 Å². The van der Waals surface area contributed by atoms with Gasteiger partial charge in [0.25, 0.3) is 5.91 Å². The lowest BCUT2D eigenvalue weighted by atomic mass is 10.1. The predicted molar refractivity (Wildman–Crippen MR) is 121 cm³/mol. The summed E-state index contributed by atoms with van der Waals surface area (Å²) in [6.07, 6.45) is 5.05. The van der Waals surface area contributed by atoms with Gasteiger partial charge in [-0.05, 0) is 61.7 Å². The normalized spacial score (nSPS) is 15.0. The van der Waals surface area contributed by atoms with E-state index in [4.69, 9.17) is 0 Å². The Morgan fingerprint density at radius 2 is 1.67 bits per heavy atom. The highest BCUT2D eigenvalue weighted by Gasteiger charge is 2.18. The maximum atomic E-state index is 12.7. The van der Waals surface area contributed by atoms with Crippen LogP contribution in [0, 0.1) is 6.92 Å². The largest absolute Gasteiger partial charge is 0.348 e. The van der Waals surface area contributed by atoms with E-state index in [1.54, 1.807) is 25.1 Å². The van der Waals surface area contributed by atoms with E-state index in [0.717, 1.165) is 18.4 Å². The molecule has 2 aromatic carbocycles. The van der Waals surface area contributed by atoms with Crippen molar-refractivity contribution in [1.82, 2.24) is 10.2 Å². The van der Waals surface area contributed by atoms with Crippen LogP contribution in [-0.4, -0.2) is 45.6 Å². The standard InChI is InChI=1S/C23H31N3O3S/c1-18-21(8-7-9-22(18)25(2)30(3,28)29)23(27)24-16-19-10-12-20(13-11-19)17-26-14-5-4-6-15-26/h7-13H,4-6,14-17H2,1-3H3,(H,24,27). The number of hydrogen-bond acceptors (Lipinski definition) is 4. The number of nitrogens with zero attached hydrogens (tertiary/aromatic N) is 2. The Kier molecular flexibility index (Phi) is 7.15. The van der Waals surface area contributed by atoms with Crippen molar-refractivity contribution in [2.75, 3.05) is 30.7 Å². The van der Waals surface area contributed by atoms with Crippen LogP contribution < -0.4 is 9.62 Å². The molecule has 7 heteroatoms. The number of piperidine rings is 1. The third kappa shape index (κ3) is 5.61. The number of amides is 1. The second kappa shape index (κ2) is 9.62. The SMILES string of the molecule is Cc1c(C(=O)NCc2ccc(CN3CCCCC3)cc2)cccc1N(C)S(C)(=O)=O. The zero-order valence-corrected chi connectivity index (χ0v) is 18.8. The summed E-state index contributed by atoms with van der Waals surface area (Å²) in [7, 11) is -1.90. The predicted octanol–water partition coefficient (Wildman–Crippen LogP) is 3.31. The van der Waals surface area contributed by atoms with E-state index in [2.05, 4.69) is 34.5 Å². The van der Waals surface area contributed by atoms with Crippen LogP contribution >= 0.6 is 0 Å². The van der Waals surface area contributed by atoms with Crippen molar-refractivity contribution in [3.8, 4) is 0 Å². The molecule has 162 valence electrons. The fourth-order valence-corrected chi connectivity index (χ4v) is 4.36. The first kappa shape index (κ1) is 22.3. The number of carbonyl (C=O) groups excluding carboxylic acids is 1. The first-order valence-corrected chi connectivity index (χ1v) is 12.2. The zero-order valence-electron chi connectivity index (χ0n) is 18.0. The number of likely N-dealkylation sites (tertiary alicyclic amines) is 1. The minimum absolute atomic E-state index is 0.214. The van der Waals surface area contributed by atoms with Gasteiger partial charge < -0.3 is 5.32 Å². The van der Waals surface area contributed by atoms with E-state index in [-0.39, 0.29) is 5.91 Å². The quantitative estimate of drug-likeness (QED) is 0.733. The van der Waals surface area contributed by atoms with E-state index in [0.29, 0.717) is 23.4 Å². The molecule has 1 aliphatic rings. The number of benzene rings is 2. The van der Waals surface area contributed by atoms with E-state index >= 15 is 0 Å². The Labute approximate surface area is 179 Å². The molecule has 0 spiro atoms. The molecule has 0 bridgehead atoms. The molecule has 3 rings (SSSR count). The summed E-state index contributed by atoms with van der Waals surface area (Å²) in [5.74, 6) is -0.214. The fraction of sp³-hybridized carbons (Fsp3) is 0.435. The van der Waals surface area contributed by atoms with Crippen molar-refractivity contribution in [3.05, 3.63) is 64.7 Å². The zero-order chi connectivity index (χ0) is 21.7. The maximum Gasteiger partial charge on any atom is 0.251 e. The third-order valence-electron chi connectivity index (χ3n) is 5.72. The van der Waals surface area contributed by atoms with Crippen LogP contribution in [-0.2, 0) is 23.1 Å². The molecule has 0 aromatic heterocycles. The van der Waals surface area contributed by atoms with Crippen LogP contribution in [0.5, 0.6) is 0 Å². The highest BCUT2D eigenvalue weighted by atomic mass is 32.2. The molecule has 1 fully saturated rings. The first-order valence-electron chi connectivity index (χ1n) is 10.4. The molecule has 0 unspecified atom stereocenters. The second-order valence-corrected chi connectivity index (χ2v) is 10.0. The van der Waals surface area contributed by atoms with Crippen molar-refractivity contribution in [2.45, 2.75) is 39.3 Å². The average Bonchev–Trinajstić information content (AvgIpc) is 2.73. The highest BCUT2D eigenvalue weighted by Crippen LogP contribution is 2.24. The Morgan fingerprint density at radius 1 is 1.03 bits per heavy atom. The van der Waals surface area contributed by atoms with Crippen LogP contribution in [0.2, 0.25) is 0 Å². The minimum atomic E-state index is -3.39.